The van der Waals surface area contributed by atoms with E-state index in [1.165, 1.54) is 35.6 Å². The van der Waals surface area contributed by atoms with E-state index in [0.29, 0.717) is 24.5 Å². The summed E-state index contributed by atoms with van der Waals surface area (Å²) >= 11 is 5.52. The van der Waals surface area contributed by atoms with E-state index >= 15 is 0 Å². The summed E-state index contributed by atoms with van der Waals surface area (Å²) in [4.78, 5) is 0. The molecule has 0 aromatic heterocycles. The SMILES string of the molecule is CN(CCOc1ccc(F)cc1)S(=O)(=O)CCCCCl. The van der Waals surface area contributed by atoms with Crippen molar-refractivity contribution < 1.29 is 17.5 Å². The lowest BCUT2D eigenvalue weighted by atomic mass is 10.3. The first-order valence-corrected chi connectivity index (χ1v) is 8.48. The van der Waals surface area contributed by atoms with Crippen LogP contribution in [-0.4, -0.2) is 44.6 Å². The third-order valence-corrected chi connectivity index (χ3v) is 4.95. The van der Waals surface area contributed by atoms with Crippen LogP contribution in [0.5, 0.6) is 5.75 Å². The Bertz CT molecular complexity index is 493. The molecule has 0 atom stereocenters. The van der Waals surface area contributed by atoms with Crippen LogP contribution in [0.2, 0.25) is 0 Å². The Morgan fingerprint density at radius 1 is 1.25 bits per heavy atom. The summed E-state index contributed by atoms with van der Waals surface area (Å²) in [6.07, 6.45) is 1.23. The fourth-order valence-corrected chi connectivity index (χ4v) is 2.92. The zero-order valence-electron chi connectivity index (χ0n) is 11.4. The predicted octanol–water partition coefficient (Wildman–Crippen LogP) is 2.49. The summed E-state index contributed by atoms with van der Waals surface area (Å²) in [5, 5.41) is 0. The van der Waals surface area contributed by atoms with Crippen LogP contribution in [0.15, 0.2) is 24.3 Å². The maximum absolute atomic E-state index is 12.7. The van der Waals surface area contributed by atoms with Gasteiger partial charge in [0.15, 0.2) is 0 Å². The smallest absolute Gasteiger partial charge is 0.213 e. The number of alkyl halides is 1. The number of benzene rings is 1. The molecule has 4 nitrogen and oxygen atoms in total. The van der Waals surface area contributed by atoms with E-state index in [2.05, 4.69) is 0 Å². The van der Waals surface area contributed by atoms with Gasteiger partial charge in [0, 0.05) is 19.5 Å². The molecule has 0 heterocycles. The molecule has 0 bridgehead atoms. The third-order valence-electron chi connectivity index (χ3n) is 2.75. The van der Waals surface area contributed by atoms with Crippen LogP contribution in [0.3, 0.4) is 0 Å². The number of hydrogen-bond acceptors (Lipinski definition) is 3. The summed E-state index contributed by atoms with van der Waals surface area (Å²) in [6, 6.07) is 5.60. The van der Waals surface area contributed by atoms with Gasteiger partial charge < -0.3 is 4.74 Å². The van der Waals surface area contributed by atoms with Crippen LogP contribution in [-0.2, 0) is 10.0 Å². The van der Waals surface area contributed by atoms with Crippen molar-refractivity contribution in [1.82, 2.24) is 4.31 Å². The van der Waals surface area contributed by atoms with E-state index < -0.39 is 10.0 Å². The fraction of sp³-hybridized carbons (Fsp3) is 0.538. The Labute approximate surface area is 124 Å². The fourth-order valence-electron chi connectivity index (χ4n) is 1.50. The van der Waals surface area contributed by atoms with Gasteiger partial charge in [-0.25, -0.2) is 17.1 Å². The molecule has 1 aromatic carbocycles. The van der Waals surface area contributed by atoms with Crippen molar-refractivity contribution in [3.05, 3.63) is 30.1 Å². The summed E-state index contributed by atoms with van der Waals surface area (Å²) in [6.45, 7) is 0.470. The Balaban J connectivity index is 2.35. The molecule has 0 aliphatic carbocycles. The van der Waals surface area contributed by atoms with E-state index in [9.17, 15) is 12.8 Å². The molecule has 0 N–H and O–H groups in total. The number of nitrogens with zero attached hydrogens (tertiary/aromatic N) is 1. The van der Waals surface area contributed by atoms with Gasteiger partial charge in [0.2, 0.25) is 10.0 Å². The lowest BCUT2D eigenvalue weighted by molar-refractivity contribution is 0.286. The average Bonchev–Trinajstić information content (AvgIpc) is 2.41. The minimum absolute atomic E-state index is 0.0900. The molecule has 0 radical (unpaired) electrons. The number of sulfonamides is 1. The molecule has 0 amide bonds. The molecule has 0 aliphatic rings. The van der Waals surface area contributed by atoms with Gasteiger partial charge in [-0.3, -0.25) is 0 Å². The van der Waals surface area contributed by atoms with E-state index in [0.717, 1.165) is 0 Å². The second-order valence-electron chi connectivity index (χ2n) is 4.34. The van der Waals surface area contributed by atoms with Crippen LogP contribution < -0.4 is 4.74 Å². The Morgan fingerprint density at radius 3 is 2.50 bits per heavy atom. The molecule has 0 aliphatic heterocycles. The van der Waals surface area contributed by atoms with Gasteiger partial charge in [-0.2, -0.15) is 0 Å². The molecular weight excluding hydrogens is 305 g/mol. The maximum Gasteiger partial charge on any atom is 0.213 e. The van der Waals surface area contributed by atoms with Crippen LogP contribution >= 0.6 is 11.6 Å². The molecule has 0 fully saturated rings. The van der Waals surface area contributed by atoms with E-state index in [1.807, 2.05) is 0 Å². The van der Waals surface area contributed by atoms with Crippen LogP contribution in [0.25, 0.3) is 0 Å². The quantitative estimate of drug-likeness (QED) is 0.518. The Kier molecular flexibility index (Phi) is 7.26. The van der Waals surface area contributed by atoms with Gasteiger partial charge in [0.25, 0.3) is 0 Å². The van der Waals surface area contributed by atoms with Gasteiger partial charge >= 0.3 is 0 Å². The third kappa shape index (κ3) is 6.07. The summed E-state index contributed by atoms with van der Waals surface area (Å²) in [5.74, 6) is 0.732. The van der Waals surface area contributed by atoms with Gasteiger partial charge in [0.05, 0.1) is 5.75 Å². The minimum Gasteiger partial charge on any atom is -0.492 e. The molecule has 114 valence electrons. The van der Waals surface area contributed by atoms with Crippen molar-refractivity contribution in [3.8, 4) is 5.75 Å². The average molecular weight is 324 g/mol. The summed E-state index contributed by atoms with van der Waals surface area (Å²) in [5.41, 5.74) is 0. The Morgan fingerprint density at radius 2 is 1.90 bits per heavy atom. The highest BCUT2D eigenvalue weighted by Crippen LogP contribution is 2.11. The number of ether oxygens (including phenoxy) is 1. The van der Waals surface area contributed by atoms with Crippen LogP contribution in [0, 0.1) is 5.82 Å². The van der Waals surface area contributed by atoms with Gasteiger partial charge in [0.1, 0.15) is 18.2 Å². The number of rotatable bonds is 9. The molecule has 0 spiro atoms. The molecule has 1 aromatic rings. The first-order chi connectivity index (χ1) is 9.45. The number of likely N-dealkylation sites (N-methyl/N-ethyl adjacent to an activating group) is 1. The van der Waals surface area contributed by atoms with Gasteiger partial charge in [-0.15, -0.1) is 11.6 Å². The second kappa shape index (κ2) is 8.44. The monoisotopic (exact) mass is 323 g/mol. The van der Waals surface area contributed by atoms with Crippen molar-refractivity contribution in [1.29, 1.82) is 0 Å². The Hall–Kier alpha value is -0.850. The van der Waals surface area contributed by atoms with E-state index in [-0.39, 0.29) is 24.7 Å². The lowest BCUT2D eigenvalue weighted by Gasteiger charge is -2.17. The molecule has 0 saturated heterocycles. The molecule has 1 rings (SSSR count). The van der Waals surface area contributed by atoms with Crippen molar-refractivity contribution in [2.75, 3.05) is 31.8 Å². The highest BCUT2D eigenvalue weighted by atomic mass is 35.5. The van der Waals surface area contributed by atoms with Crippen molar-refractivity contribution in [2.24, 2.45) is 0 Å². The van der Waals surface area contributed by atoms with Crippen LogP contribution in [0.1, 0.15) is 12.8 Å². The minimum atomic E-state index is -3.26. The van der Waals surface area contributed by atoms with Gasteiger partial charge in [-0.1, -0.05) is 0 Å². The highest BCUT2D eigenvalue weighted by molar-refractivity contribution is 7.89. The molecule has 20 heavy (non-hydrogen) atoms. The molecule has 0 saturated carbocycles. The van der Waals surface area contributed by atoms with E-state index in [4.69, 9.17) is 16.3 Å². The molecule has 7 heteroatoms. The van der Waals surface area contributed by atoms with Crippen molar-refractivity contribution >= 4 is 21.6 Å². The first-order valence-electron chi connectivity index (χ1n) is 6.34. The summed E-state index contributed by atoms with van der Waals surface area (Å²) in [7, 11) is -1.74. The highest BCUT2D eigenvalue weighted by Gasteiger charge is 2.16. The first kappa shape index (κ1) is 17.2. The second-order valence-corrected chi connectivity index (χ2v) is 6.91. The number of halogens is 2. The summed E-state index contributed by atoms with van der Waals surface area (Å²) < 4.78 is 43.1. The number of hydrogen-bond donors (Lipinski definition) is 0. The number of unbranched alkanes of at least 4 members (excludes halogenated alkanes) is 1. The van der Waals surface area contributed by atoms with Crippen LogP contribution in [0.4, 0.5) is 4.39 Å². The van der Waals surface area contributed by atoms with E-state index in [1.54, 1.807) is 0 Å². The van der Waals surface area contributed by atoms with Gasteiger partial charge in [-0.05, 0) is 37.1 Å². The molecular formula is C13H19ClFNO3S. The molecule has 0 unspecified atom stereocenters. The maximum atomic E-state index is 12.7. The van der Waals surface area contributed by atoms with Crippen molar-refractivity contribution in [2.45, 2.75) is 12.8 Å². The van der Waals surface area contributed by atoms with Crippen molar-refractivity contribution in [3.63, 3.8) is 0 Å². The zero-order valence-corrected chi connectivity index (χ0v) is 13.0. The zero-order chi connectivity index (χ0) is 15.0. The largest absolute Gasteiger partial charge is 0.492 e. The standard InChI is InChI=1S/C13H19ClFNO3S/c1-16(20(17,18)11-3-2-8-14)9-10-19-13-6-4-12(15)5-7-13/h4-7H,2-3,8-11H2,1H3. The topological polar surface area (TPSA) is 46.6 Å². The normalized spacial score (nSPS) is 11.8. The lowest BCUT2D eigenvalue weighted by Crippen LogP contribution is -2.32. The predicted molar refractivity (Wildman–Crippen MR) is 78.3 cm³/mol.